The summed E-state index contributed by atoms with van der Waals surface area (Å²) in [5, 5.41) is 36.0. The van der Waals surface area contributed by atoms with Gasteiger partial charge in [-0.15, -0.1) is 11.3 Å². The Hall–Kier alpha value is -5.59. The van der Waals surface area contributed by atoms with E-state index in [2.05, 4.69) is 75.3 Å². The van der Waals surface area contributed by atoms with Crippen LogP contribution in [0.1, 0.15) is 107 Å². The van der Waals surface area contributed by atoms with Crippen LogP contribution in [0.3, 0.4) is 0 Å². The third-order valence-corrected chi connectivity index (χ3v) is 10.2. The molecule has 0 spiro atoms. The van der Waals surface area contributed by atoms with Crippen LogP contribution in [0.25, 0.3) is 50.0 Å². The van der Waals surface area contributed by atoms with Crippen molar-refractivity contribution in [2.24, 2.45) is 0 Å². The molecule has 12 nitrogen and oxygen atoms in total. The molecule has 6 aromatic heterocycles. The number of aromatic amines is 1. The second kappa shape index (κ2) is 26.5. The number of nitrogens with one attached hydrogen (secondary N) is 1. The maximum atomic E-state index is 11.5. The molecule has 0 unspecified atom stereocenters. The number of nitrogens with zero attached hydrogens (tertiary/aromatic N) is 5. The van der Waals surface area contributed by atoms with Gasteiger partial charge in [-0.2, -0.15) is 5.16 Å². The number of hydrogen-bond donors (Lipinski definition) is 4. The number of aromatic nitrogens is 5. The molecule has 0 bridgehead atoms. The van der Waals surface area contributed by atoms with Gasteiger partial charge in [-0.05, 0) is 104 Å². The molecule has 6 aromatic rings. The SMILES string of the molecule is CCCCCCc1cc(CCCCCC)c(-c2ccnc(-c3ccc[nH]3)c2)s1.O=C(O)c1ccnc(-c2cc(C(=O)O)cc(-c3cc(C(=O)O)ccn3)n2)c1.[CH3-].[N-]=C=S.[Ru+2]. The zero-order valence-corrected chi connectivity index (χ0v) is 37.1. The fourth-order valence-electron chi connectivity index (χ4n) is 6.04. The number of thiocarbonyl (C=S) groups is 1. The van der Waals surface area contributed by atoms with Gasteiger partial charge in [-0.3, -0.25) is 15.0 Å². The second-order valence-electron chi connectivity index (χ2n) is 13.2. The molecule has 6 heterocycles. The number of carboxylic acids is 3. The van der Waals surface area contributed by atoms with Crippen molar-refractivity contribution < 1.29 is 49.2 Å². The molecule has 0 radical (unpaired) electrons. The van der Waals surface area contributed by atoms with Gasteiger partial charge in [0.1, 0.15) is 0 Å². The molecule has 6 rings (SSSR count). The molecular weight excluding hydrogens is 886 g/mol. The summed E-state index contributed by atoms with van der Waals surface area (Å²) in [7, 11) is 0. The normalized spacial score (nSPS) is 10.0. The number of thiophene rings is 1. The molecule has 60 heavy (non-hydrogen) atoms. The van der Waals surface area contributed by atoms with Crippen LogP contribution < -0.4 is 0 Å². The minimum atomic E-state index is -1.23. The first-order valence-corrected chi connectivity index (χ1v) is 20.2. The number of rotatable bonds is 17. The maximum absolute atomic E-state index is 11.5. The van der Waals surface area contributed by atoms with Gasteiger partial charge in [0.2, 0.25) is 0 Å². The van der Waals surface area contributed by atoms with Crippen LogP contribution in [0.15, 0.2) is 91.5 Å². The molecule has 0 aliphatic carbocycles. The van der Waals surface area contributed by atoms with Crippen LogP contribution in [0, 0.1) is 7.43 Å². The van der Waals surface area contributed by atoms with Crippen molar-refractivity contribution in [2.45, 2.75) is 78.1 Å². The van der Waals surface area contributed by atoms with E-state index in [0.717, 1.165) is 11.4 Å². The van der Waals surface area contributed by atoms with Crippen molar-refractivity contribution >= 4 is 46.6 Å². The minimum absolute atomic E-state index is 0. The van der Waals surface area contributed by atoms with E-state index in [0.29, 0.717) is 0 Å². The topological polar surface area (TPSA) is 202 Å². The van der Waals surface area contributed by atoms with E-state index in [1.807, 2.05) is 29.8 Å². The summed E-state index contributed by atoms with van der Waals surface area (Å²) < 4.78 is 0. The van der Waals surface area contributed by atoms with Crippen molar-refractivity contribution in [1.29, 1.82) is 0 Å². The predicted octanol–water partition coefficient (Wildman–Crippen LogP) is 11.5. The summed E-state index contributed by atoms with van der Waals surface area (Å²) in [5.74, 6) is -3.56. The van der Waals surface area contributed by atoms with E-state index >= 15 is 0 Å². The average Bonchev–Trinajstić information content (AvgIpc) is 3.93. The number of isothiocyanates is 1. The Morgan fingerprint density at radius 1 is 0.683 bits per heavy atom. The van der Waals surface area contributed by atoms with E-state index in [-0.39, 0.29) is 66.4 Å². The smallest absolute Gasteiger partial charge is 0.753 e. The van der Waals surface area contributed by atoms with Gasteiger partial charge < -0.3 is 33.1 Å². The largest absolute Gasteiger partial charge is 2.00 e. The molecule has 314 valence electrons. The third kappa shape index (κ3) is 15.2. The Morgan fingerprint density at radius 3 is 1.68 bits per heavy atom. The number of unbranched alkanes of at least 4 members (excludes halogenated alkanes) is 6. The van der Waals surface area contributed by atoms with E-state index < -0.39 is 17.9 Å². The monoisotopic (exact) mass is 934 g/mol. The third-order valence-electron chi connectivity index (χ3n) is 8.94. The van der Waals surface area contributed by atoms with E-state index in [4.69, 9.17) is 15.6 Å². The minimum Gasteiger partial charge on any atom is -0.753 e. The summed E-state index contributed by atoms with van der Waals surface area (Å²) in [4.78, 5) is 57.0. The quantitative estimate of drug-likeness (QED) is 0.0223. The van der Waals surface area contributed by atoms with Crippen LogP contribution in [0.2, 0.25) is 0 Å². The maximum Gasteiger partial charge on any atom is 2.00 e. The number of carboxylic acid groups (broad SMARTS) is 3. The van der Waals surface area contributed by atoms with Crippen LogP contribution in [-0.4, -0.2) is 63.3 Å². The Morgan fingerprint density at radius 2 is 1.18 bits per heavy atom. The number of aromatic carboxylic acids is 3. The number of hydrogen-bond acceptors (Lipinski definition) is 9. The standard InChI is InChI=1S/C25H34N2S.C18H11N3O6.CNS.CH3.Ru/c1-3-5-7-9-12-20-18-22(13-10-8-6-4-2)28-25(20)21-15-17-27-24(19-21)23-14-11-16-26-23;22-16(23)9-1-3-19-12(5-9)14-7-11(18(26)27)8-15(21-14)13-6-10(17(24)25)2-4-20-13;2-1-3;;/h11,14-19,26H,3-10,12-13H2,1-2H3;1-8H,(H,22,23)(H,24,25)(H,26,27);;1H3;/q;;2*-1;+2. The summed E-state index contributed by atoms with van der Waals surface area (Å²) in [5.41, 5.74) is 5.34. The summed E-state index contributed by atoms with van der Waals surface area (Å²) >= 11 is 5.70. The van der Waals surface area contributed by atoms with Gasteiger partial charge in [0.15, 0.2) is 0 Å². The predicted molar refractivity (Wildman–Crippen MR) is 237 cm³/mol. The van der Waals surface area contributed by atoms with E-state index in [1.54, 1.807) is 4.88 Å². The molecule has 0 saturated carbocycles. The van der Waals surface area contributed by atoms with Crippen LogP contribution in [0.5, 0.6) is 0 Å². The first-order valence-electron chi connectivity index (χ1n) is 19.0. The molecule has 15 heteroatoms. The molecule has 4 N–H and O–H groups in total. The zero-order valence-electron chi connectivity index (χ0n) is 33.7. The summed E-state index contributed by atoms with van der Waals surface area (Å²) in [6.07, 6.45) is 19.5. The number of carbonyl (C=O) groups is 3. The Balaban J connectivity index is 0.000000376. The van der Waals surface area contributed by atoms with Crippen LogP contribution >= 0.6 is 23.6 Å². The zero-order chi connectivity index (χ0) is 41.9. The number of aryl methyl sites for hydroxylation is 2. The van der Waals surface area contributed by atoms with Gasteiger partial charge in [0.05, 0.1) is 50.9 Å². The average molecular weight is 934 g/mol. The van der Waals surface area contributed by atoms with E-state index in [1.165, 1.54) is 134 Å². The Kier molecular flexibility index (Phi) is 22.3. The molecule has 0 fully saturated rings. The molecule has 0 atom stereocenters. The van der Waals surface area contributed by atoms with Crippen LogP contribution in [-0.2, 0) is 32.3 Å². The second-order valence-corrected chi connectivity index (χ2v) is 14.5. The first-order chi connectivity index (χ1) is 28.1. The van der Waals surface area contributed by atoms with Crippen molar-refractivity contribution in [1.82, 2.24) is 24.9 Å². The summed E-state index contributed by atoms with van der Waals surface area (Å²) in [6, 6.07) is 18.7. The van der Waals surface area contributed by atoms with Gasteiger partial charge >= 0.3 is 37.4 Å². The first kappa shape index (κ1) is 50.6. The van der Waals surface area contributed by atoms with Crippen molar-refractivity contribution in [2.75, 3.05) is 0 Å². The van der Waals surface area contributed by atoms with Crippen LogP contribution in [0.4, 0.5) is 0 Å². The molecule has 0 saturated heterocycles. The Bertz CT molecular complexity index is 2250. The van der Waals surface area contributed by atoms with Gasteiger partial charge in [-0.1, -0.05) is 64.6 Å². The van der Waals surface area contributed by atoms with Crippen molar-refractivity contribution in [3.8, 4) is 44.6 Å². The van der Waals surface area contributed by atoms with Crippen molar-refractivity contribution in [3.05, 3.63) is 131 Å². The fourth-order valence-corrected chi connectivity index (χ4v) is 7.29. The Labute approximate surface area is 372 Å². The van der Waals surface area contributed by atoms with Crippen molar-refractivity contribution in [3.63, 3.8) is 0 Å². The van der Waals surface area contributed by atoms with Gasteiger partial charge in [0.25, 0.3) is 0 Å². The van der Waals surface area contributed by atoms with Gasteiger partial charge in [-0.25, -0.2) is 19.4 Å². The fraction of sp³-hybridized carbons (Fsp3) is 0.267. The molecule has 0 amide bonds. The number of pyridine rings is 4. The number of H-pyrrole nitrogens is 1. The molecule has 0 aliphatic heterocycles. The summed E-state index contributed by atoms with van der Waals surface area (Å²) in [6.45, 7) is 4.56. The molecule has 0 aliphatic rings. The molecular formula is C45H48N6O6RuS2. The molecule has 0 aromatic carbocycles. The van der Waals surface area contributed by atoms with Gasteiger partial charge in [0, 0.05) is 34.5 Å². The van der Waals surface area contributed by atoms with E-state index in [9.17, 15) is 19.5 Å².